The molecule has 0 saturated heterocycles. The van der Waals surface area contributed by atoms with E-state index >= 15 is 0 Å². The molecular formula is C16H20N4OS. The largest absolute Gasteiger partial charge is 0.289 e. The van der Waals surface area contributed by atoms with Crippen molar-refractivity contribution in [2.75, 3.05) is 0 Å². The molecule has 1 atom stereocenters. The molecule has 0 bridgehead atoms. The van der Waals surface area contributed by atoms with Crippen LogP contribution in [0.1, 0.15) is 43.3 Å². The van der Waals surface area contributed by atoms with Gasteiger partial charge in [-0.05, 0) is 25.0 Å². The Hall–Kier alpha value is -1.95. The predicted molar refractivity (Wildman–Crippen MR) is 89.5 cm³/mol. The summed E-state index contributed by atoms with van der Waals surface area (Å²) in [6.07, 6.45) is 6.34. The third-order valence-electron chi connectivity index (χ3n) is 3.95. The van der Waals surface area contributed by atoms with Gasteiger partial charge in [-0.3, -0.25) is 14.0 Å². The highest BCUT2D eigenvalue weighted by Crippen LogP contribution is 2.24. The fourth-order valence-electron chi connectivity index (χ4n) is 2.84. The molecule has 0 aliphatic heterocycles. The quantitative estimate of drug-likeness (QED) is 0.726. The molecule has 0 aliphatic rings. The Balaban J connectivity index is 2.12. The Morgan fingerprint density at radius 3 is 2.82 bits per heavy atom. The van der Waals surface area contributed by atoms with E-state index in [0.717, 1.165) is 35.2 Å². The number of hydrogen-bond acceptors (Lipinski definition) is 4. The van der Waals surface area contributed by atoms with Crippen molar-refractivity contribution in [1.29, 1.82) is 0 Å². The summed E-state index contributed by atoms with van der Waals surface area (Å²) < 4.78 is 3.56. The van der Waals surface area contributed by atoms with Crippen LogP contribution in [0.3, 0.4) is 0 Å². The van der Waals surface area contributed by atoms with Crippen molar-refractivity contribution < 1.29 is 0 Å². The number of rotatable bonds is 5. The Labute approximate surface area is 133 Å². The molecule has 0 aliphatic carbocycles. The Bertz CT molecular complexity index is 845. The fraction of sp³-hybridized carbons (Fsp3) is 0.438. The van der Waals surface area contributed by atoms with E-state index in [1.54, 1.807) is 28.4 Å². The minimum atomic E-state index is -0.0357. The maximum atomic E-state index is 12.9. The van der Waals surface area contributed by atoms with Crippen LogP contribution in [0.5, 0.6) is 0 Å². The van der Waals surface area contributed by atoms with Crippen LogP contribution in [0.25, 0.3) is 10.2 Å². The molecule has 6 heteroatoms. The molecule has 5 nitrogen and oxygen atoms in total. The van der Waals surface area contributed by atoms with Gasteiger partial charge in [0, 0.05) is 18.1 Å². The van der Waals surface area contributed by atoms with E-state index in [0.29, 0.717) is 0 Å². The van der Waals surface area contributed by atoms with Crippen molar-refractivity contribution in [3.63, 3.8) is 0 Å². The standard InChI is InChI=1S/C16H20N4OS/c1-4-6-11-9-12-15(22-11)17-10-20(16(12)21)13(5-2)14-7-8-18-19(14)3/h7-10,13H,4-6H2,1-3H3. The van der Waals surface area contributed by atoms with Crippen molar-refractivity contribution in [1.82, 2.24) is 19.3 Å². The lowest BCUT2D eigenvalue weighted by molar-refractivity contribution is 0.502. The van der Waals surface area contributed by atoms with Crippen LogP contribution in [-0.2, 0) is 13.5 Å². The first-order valence-corrected chi connectivity index (χ1v) is 8.44. The van der Waals surface area contributed by atoms with Gasteiger partial charge in [0.15, 0.2) is 0 Å². The zero-order chi connectivity index (χ0) is 15.7. The zero-order valence-corrected chi connectivity index (χ0v) is 13.9. The monoisotopic (exact) mass is 316 g/mol. The highest BCUT2D eigenvalue weighted by atomic mass is 32.1. The van der Waals surface area contributed by atoms with Crippen molar-refractivity contribution in [3.8, 4) is 0 Å². The second kappa shape index (κ2) is 6.04. The Morgan fingerprint density at radius 1 is 1.36 bits per heavy atom. The second-order valence-electron chi connectivity index (χ2n) is 5.44. The minimum Gasteiger partial charge on any atom is -0.289 e. The van der Waals surface area contributed by atoms with Gasteiger partial charge in [0.1, 0.15) is 4.83 Å². The number of fused-ring (bicyclic) bond motifs is 1. The molecule has 0 N–H and O–H groups in total. The molecule has 3 aromatic rings. The number of thiophene rings is 1. The fourth-order valence-corrected chi connectivity index (χ4v) is 3.92. The smallest absolute Gasteiger partial charge is 0.262 e. The van der Waals surface area contributed by atoms with E-state index in [2.05, 4.69) is 23.9 Å². The van der Waals surface area contributed by atoms with Gasteiger partial charge in [-0.15, -0.1) is 11.3 Å². The number of aryl methyl sites for hydroxylation is 2. The third kappa shape index (κ3) is 2.47. The van der Waals surface area contributed by atoms with Gasteiger partial charge in [0.2, 0.25) is 0 Å². The summed E-state index contributed by atoms with van der Waals surface area (Å²) in [5, 5.41) is 4.95. The Kier molecular flexibility index (Phi) is 4.11. The summed E-state index contributed by atoms with van der Waals surface area (Å²) in [7, 11) is 1.90. The molecule has 22 heavy (non-hydrogen) atoms. The SMILES string of the molecule is CCCc1cc2c(=O)n(C(CC)c3ccnn3C)cnc2s1. The van der Waals surface area contributed by atoms with Gasteiger partial charge in [-0.2, -0.15) is 5.10 Å². The summed E-state index contributed by atoms with van der Waals surface area (Å²) in [5.74, 6) is 0. The van der Waals surface area contributed by atoms with Crippen molar-refractivity contribution in [2.45, 2.75) is 39.2 Å². The van der Waals surface area contributed by atoms with Crippen LogP contribution >= 0.6 is 11.3 Å². The summed E-state index contributed by atoms with van der Waals surface area (Å²) >= 11 is 1.62. The summed E-state index contributed by atoms with van der Waals surface area (Å²) in [6.45, 7) is 4.22. The highest BCUT2D eigenvalue weighted by molar-refractivity contribution is 7.18. The lowest BCUT2D eigenvalue weighted by atomic mass is 10.1. The van der Waals surface area contributed by atoms with Crippen LogP contribution in [0, 0.1) is 0 Å². The first-order valence-electron chi connectivity index (χ1n) is 7.63. The van der Waals surface area contributed by atoms with E-state index in [9.17, 15) is 4.79 Å². The van der Waals surface area contributed by atoms with Gasteiger partial charge in [-0.25, -0.2) is 4.98 Å². The number of nitrogens with zero attached hydrogens (tertiary/aromatic N) is 4. The molecule has 0 radical (unpaired) electrons. The topological polar surface area (TPSA) is 52.7 Å². The van der Waals surface area contributed by atoms with Crippen LogP contribution in [-0.4, -0.2) is 19.3 Å². The third-order valence-corrected chi connectivity index (χ3v) is 5.05. The first kappa shape index (κ1) is 15.0. The van der Waals surface area contributed by atoms with E-state index in [1.807, 2.05) is 23.9 Å². The summed E-state index contributed by atoms with van der Waals surface area (Å²) in [5.41, 5.74) is 1.06. The van der Waals surface area contributed by atoms with Gasteiger partial charge in [-0.1, -0.05) is 20.3 Å². The van der Waals surface area contributed by atoms with Crippen LogP contribution in [0.15, 0.2) is 29.5 Å². The van der Waals surface area contributed by atoms with Crippen molar-refractivity contribution in [2.24, 2.45) is 7.05 Å². The molecule has 3 rings (SSSR count). The molecule has 0 fully saturated rings. The first-order chi connectivity index (χ1) is 10.7. The van der Waals surface area contributed by atoms with E-state index in [-0.39, 0.29) is 11.6 Å². The van der Waals surface area contributed by atoms with E-state index in [1.165, 1.54) is 4.88 Å². The minimum absolute atomic E-state index is 0.0357. The van der Waals surface area contributed by atoms with Gasteiger partial charge in [0.05, 0.1) is 23.4 Å². The van der Waals surface area contributed by atoms with Crippen LogP contribution in [0.4, 0.5) is 0 Å². The molecule has 0 spiro atoms. The molecule has 1 unspecified atom stereocenters. The lowest BCUT2D eigenvalue weighted by Crippen LogP contribution is -2.26. The molecule has 3 aromatic heterocycles. The maximum Gasteiger partial charge on any atom is 0.262 e. The van der Waals surface area contributed by atoms with Crippen LogP contribution < -0.4 is 5.56 Å². The zero-order valence-electron chi connectivity index (χ0n) is 13.1. The lowest BCUT2D eigenvalue weighted by Gasteiger charge is -2.18. The van der Waals surface area contributed by atoms with Gasteiger partial charge >= 0.3 is 0 Å². The van der Waals surface area contributed by atoms with Crippen LogP contribution in [0.2, 0.25) is 0 Å². The van der Waals surface area contributed by atoms with E-state index in [4.69, 9.17) is 0 Å². The molecule has 0 aromatic carbocycles. The van der Waals surface area contributed by atoms with Crippen molar-refractivity contribution >= 4 is 21.6 Å². The van der Waals surface area contributed by atoms with Gasteiger partial charge in [0.25, 0.3) is 5.56 Å². The van der Waals surface area contributed by atoms with Crippen molar-refractivity contribution in [3.05, 3.63) is 45.6 Å². The average molecular weight is 316 g/mol. The second-order valence-corrected chi connectivity index (χ2v) is 6.56. The normalized spacial score (nSPS) is 12.9. The number of hydrogen-bond donors (Lipinski definition) is 0. The maximum absolute atomic E-state index is 12.9. The molecule has 0 amide bonds. The van der Waals surface area contributed by atoms with E-state index < -0.39 is 0 Å². The molecule has 3 heterocycles. The summed E-state index contributed by atoms with van der Waals surface area (Å²) in [4.78, 5) is 19.4. The van der Waals surface area contributed by atoms with Gasteiger partial charge < -0.3 is 0 Å². The predicted octanol–water partition coefficient (Wildman–Crippen LogP) is 3.14. The summed E-state index contributed by atoms with van der Waals surface area (Å²) in [6, 6.07) is 3.93. The molecule has 116 valence electrons. The number of aromatic nitrogens is 4. The highest BCUT2D eigenvalue weighted by Gasteiger charge is 2.18. The molecular weight excluding hydrogens is 296 g/mol. The average Bonchev–Trinajstić information content (AvgIpc) is 3.10. The molecule has 0 saturated carbocycles. The Morgan fingerprint density at radius 2 is 2.18 bits per heavy atom.